The quantitative estimate of drug-likeness (QED) is 0.479. The van der Waals surface area contributed by atoms with Gasteiger partial charge in [0.05, 0.1) is 5.56 Å². The Bertz CT molecular complexity index is 1040. The Morgan fingerprint density at radius 2 is 2.07 bits per heavy atom. The smallest absolute Gasteiger partial charge is 0.252 e. The molecule has 6 N–H and O–H groups in total. The van der Waals surface area contributed by atoms with Crippen molar-refractivity contribution in [2.24, 2.45) is 11.5 Å². The molecule has 156 valence electrons. The van der Waals surface area contributed by atoms with Crippen LogP contribution in [0.25, 0.3) is 5.82 Å². The van der Waals surface area contributed by atoms with Gasteiger partial charge in [0, 0.05) is 30.0 Å². The Balaban J connectivity index is 1.64. The number of carbonyl (C=O) groups excluding carboxylic acids is 1. The molecule has 0 unspecified atom stereocenters. The molecule has 1 aliphatic carbocycles. The van der Waals surface area contributed by atoms with E-state index >= 15 is 0 Å². The maximum Gasteiger partial charge on any atom is 0.252 e. The number of primary amides is 1. The molecule has 0 aromatic carbocycles. The van der Waals surface area contributed by atoms with Gasteiger partial charge in [-0.25, -0.2) is 24.0 Å². The fourth-order valence-corrected chi connectivity index (χ4v) is 3.47. The molecule has 3 heterocycles. The van der Waals surface area contributed by atoms with Crippen molar-refractivity contribution in [3.05, 3.63) is 48.4 Å². The zero-order valence-electron chi connectivity index (χ0n) is 16.1. The van der Waals surface area contributed by atoms with E-state index in [1.807, 2.05) is 0 Å². The molecule has 4 rings (SSSR count). The number of nitrogens with one attached hydrogen (secondary N) is 2. The predicted octanol–water partition coefficient (Wildman–Crippen LogP) is 1.72. The van der Waals surface area contributed by atoms with E-state index in [4.69, 9.17) is 11.5 Å². The van der Waals surface area contributed by atoms with Crippen LogP contribution in [0, 0.1) is 5.82 Å². The van der Waals surface area contributed by atoms with E-state index in [-0.39, 0.29) is 29.3 Å². The number of nitrogens with zero attached hydrogens (tertiary/aromatic N) is 5. The number of pyridine rings is 2. The predicted molar refractivity (Wildman–Crippen MR) is 109 cm³/mol. The summed E-state index contributed by atoms with van der Waals surface area (Å²) in [6.07, 6.45) is 8.22. The monoisotopic (exact) mass is 411 g/mol. The molecular weight excluding hydrogens is 389 g/mol. The Morgan fingerprint density at radius 3 is 2.80 bits per heavy atom. The molecular formula is C19H22FN9O. The first kappa shape index (κ1) is 19.7. The van der Waals surface area contributed by atoms with Crippen LogP contribution in [0.3, 0.4) is 0 Å². The number of hydrogen-bond acceptors (Lipinski definition) is 8. The minimum absolute atomic E-state index is 0.0235. The number of aromatic nitrogens is 5. The highest BCUT2D eigenvalue weighted by Gasteiger charge is 2.24. The van der Waals surface area contributed by atoms with E-state index in [1.54, 1.807) is 18.3 Å². The minimum atomic E-state index is -0.796. The van der Waals surface area contributed by atoms with E-state index in [1.165, 1.54) is 17.3 Å². The molecule has 0 radical (unpaired) electrons. The molecule has 0 spiro atoms. The van der Waals surface area contributed by atoms with Crippen molar-refractivity contribution in [3.8, 4) is 5.82 Å². The van der Waals surface area contributed by atoms with E-state index in [2.05, 4.69) is 30.7 Å². The second kappa shape index (κ2) is 8.41. The van der Waals surface area contributed by atoms with Crippen LogP contribution in [0.2, 0.25) is 0 Å². The van der Waals surface area contributed by atoms with Crippen LogP contribution in [0.15, 0.2) is 37.1 Å². The van der Waals surface area contributed by atoms with Crippen LogP contribution in [0.5, 0.6) is 0 Å². The van der Waals surface area contributed by atoms with Crippen molar-refractivity contribution in [1.82, 2.24) is 24.7 Å². The van der Waals surface area contributed by atoms with E-state index < -0.39 is 11.7 Å². The first-order valence-corrected chi connectivity index (χ1v) is 9.62. The van der Waals surface area contributed by atoms with E-state index in [0.717, 1.165) is 31.7 Å². The number of hydrogen-bond donors (Lipinski definition) is 4. The summed E-state index contributed by atoms with van der Waals surface area (Å²) in [5.41, 5.74) is 12.1. The molecule has 0 bridgehead atoms. The molecule has 0 aliphatic heterocycles. The normalized spacial score (nSPS) is 18.7. The van der Waals surface area contributed by atoms with Crippen molar-refractivity contribution >= 4 is 23.2 Å². The van der Waals surface area contributed by atoms with Gasteiger partial charge in [0.15, 0.2) is 17.5 Å². The highest BCUT2D eigenvalue weighted by molar-refractivity contribution is 5.98. The lowest BCUT2D eigenvalue weighted by atomic mass is 9.91. The van der Waals surface area contributed by atoms with Gasteiger partial charge in [-0.15, -0.1) is 0 Å². The SMILES string of the molecule is NC(=O)c1cc(F)c(N[C@@H]2CCCC[C@@H]2N)nc1Nc1ccnc(-n2cncn2)c1. The van der Waals surface area contributed by atoms with Gasteiger partial charge in [0.1, 0.15) is 18.5 Å². The topological polar surface area (TPSA) is 150 Å². The zero-order chi connectivity index (χ0) is 21.1. The van der Waals surface area contributed by atoms with Gasteiger partial charge in [-0.1, -0.05) is 12.8 Å². The van der Waals surface area contributed by atoms with Crippen molar-refractivity contribution in [2.45, 2.75) is 37.8 Å². The first-order chi connectivity index (χ1) is 14.5. The molecule has 1 amide bonds. The Labute approximate surface area is 171 Å². The second-order valence-electron chi connectivity index (χ2n) is 7.15. The van der Waals surface area contributed by atoms with Crippen LogP contribution in [0.1, 0.15) is 36.0 Å². The highest BCUT2D eigenvalue weighted by Crippen LogP contribution is 2.27. The molecule has 3 aromatic rings. The lowest BCUT2D eigenvalue weighted by molar-refractivity contribution is 0.100. The van der Waals surface area contributed by atoms with Crippen molar-refractivity contribution in [2.75, 3.05) is 10.6 Å². The average Bonchev–Trinajstić information content (AvgIpc) is 3.27. The van der Waals surface area contributed by atoms with Gasteiger partial charge in [-0.2, -0.15) is 5.10 Å². The first-order valence-electron chi connectivity index (χ1n) is 9.62. The van der Waals surface area contributed by atoms with Crippen LogP contribution in [-0.4, -0.2) is 42.7 Å². The third kappa shape index (κ3) is 4.20. The summed E-state index contributed by atoms with van der Waals surface area (Å²) in [6, 6.07) is 4.27. The van der Waals surface area contributed by atoms with Gasteiger partial charge in [0.2, 0.25) is 0 Å². The molecule has 10 nitrogen and oxygen atoms in total. The van der Waals surface area contributed by atoms with Crippen LogP contribution in [0.4, 0.5) is 21.7 Å². The Kier molecular flexibility index (Phi) is 5.53. The van der Waals surface area contributed by atoms with Gasteiger partial charge in [-0.05, 0) is 25.0 Å². The zero-order valence-corrected chi connectivity index (χ0v) is 16.1. The molecule has 2 atom stereocenters. The fraction of sp³-hybridized carbons (Fsp3) is 0.316. The Morgan fingerprint density at radius 1 is 1.23 bits per heavy atom. The molecule has 1 fully saturated rings. The maximum atomic E-state index is 14.6. The summed E-state index contributed by atoms with van der Waals surface area (Å²) >= 11 is 0. The van der Waals surface area contributed by atoms with Crippen LogP contribution >= 0.6 is 0 Å². The van der Waals surface area contributed by atoms with Crippen LogP contribution < -0.4 is 22.1 Å². The summed E-state index contributed by atoms with van der Waals surface area (Å²) in [6.45, 7) is 0. The standard InChI is InChI=1S/C19H22FN9O/c20-13-8-12(17(22)30)18(28-19(13)27-15-4-2-1-3-14(15)21)26-11-5-6-24-16(7-11)29-10-23-9-25-29/h5-10,14-15H,1-4,21H2,(H2,22,30)(H2,24,26,27,28)/t14-,15+/m0/s1. The molecule has 1 saturated carbocycles. The van der Waals surface area contributed by atoms with Gasteiger partial charge in [0.25, 0.3) is 5.91 Å². The average molecular weight is 411 g/mol. The summed E-state index contributed by atoms with van der Waals surface area (Å²) in [7, 11) is 0. The van der Waals surface area contributed by atoms with Crippen LogP contribution in [-0.2, 0) is 0 Å². The highest BCUT2D eigenvalue weighted by atomic mass is 19.1. The van der Waals surface area contributed by atoms with Crippen molar-refractivity contribution in [3.63, 3.8) is 0 Å². The molecule has 30 heavy (non-hydrogen) atoms. The Hall–Kier alpha value is -3.60. The number of anilines is 3. The number of nitrogens with two attached hydrogens (primary N) is 2. The number of amides is 1. The summed E-state index contributed by atoms with van der Waals surface area (Å²) in [5.74, 6) is -0.797. The number of halogens is 1. The van der Waals surface area contributed by atoms with Gasteiger partial charge < -0.3 is 22.1 Å². The lowest BCUT2D eigenvalue weighted by Crippen LogP contribution is -2.43. The van der Waals surface area contributed by atoms with Crippen molar-refractivity contribution < 1.29 is 9.18 Å². The molecule has 3 aromatic heterocycles. The maximum absolute atomic E-state index is 14.6. The minimum Gasteiger partial charge on any atom is -0.365 e. The van der Waals surface area contributed by atoms with Crippen molar-refractivity contribution in [1.29, 1.82) is 0 Å². The second-order valence-corrected chi connectivity index (χ2v) is 7.15. The molecule has 0 saturated heterocycles. The van der Waals surface area contributed by atoms with E-state index in [0.29, 0.717) is 11.5 Å². The van der Waals surface area contributed by atoms with Gasteiger partial charge >= 0.3 is 0 Å². The van der Waals surface area contributed by atoms with E-state index in [9.17, 15) is 9.18 Å². The summed E-state index contributed by atoms with van der Waals surface area (Å²) < 4.78 is 16.1. The number of carbonyl (C=O) groups is 1. The summed E-state index contributed by atoms with van der Waals surface area (Å²) in [5, 5.41) is 10.1. The summed E-state index contributed by atoms with van der Waals surface area (Å²) in [4.78, 5) is 24.3. The molecule has 1 aliphatic rings. The van der Waals surface area contributed by atoms with Gasteiger partial charge in [-0.3, -0.25) is 4.79 Å². The fourth-order valence-electron chi connectivity index (χ4n) is 3.47. The third-order valence-electron chi connectivity index (χ3n) is 5.04. The largest absolute Gasteiger partial charge is 0.365 e. The number of rotatable bonds is 6. The molecule has 11 heteroatoms. The third-order valence-corrected chi connectivity index (χ3v) is 5.04. The lowest BCUT2D eigenvalue weighted by Gasteiger charge is -2.30.